The molecule has 4 heteroatoms. The van der Waals surface area contributed by atoms with E-state index in [0.29, 0.717) is 11.8 Å². The summed E-state index contributed by atoms with van der Waals surface area (Å²) < 4.78 is 5.00. The molecular weight excluding hydrogens is 206 g/mol. The van der Waals surface area contributed by atoms with Crippen molar-refractivity contribution in [1.29, 1.82) is 0 Å². The maximum atomic E-state index is 11.0. The van der Waals surface area contributed by atoms with E-state index in [1.807, 2.05) is 6.07 Å². The molecule has 0 saturated heterocycles. The summed E-state index contributed by atoms with van der Waals surface area (Å²) in [5.74, 6) is -0.548. The Morgan fingerprint density at radius 1 is 1.56 bits per heavy atom. The van der Waals surface area contributed by atoms with Gasteiger partial charge in [0.15, 0.2) is 0 Å². The van der Waals surface area contributed by atoms with Crippen molar-refractivity contribution in [2.75, 3.05) is 7.11 Å². The third-order valence-corrected chi connectivity index (χ3v) is 2.67. The van der Waals surface area contributed by atoms with Crippen molar-refractivity contribution in [2.45, 2.75) is 25.4 Å². The summed E-state index contributed by atoms with van der Waals surface area (Å²) in [5, 5.41) is 12.4. The average molecular weight is 221 g/mol. The van der Waals surface area contributed by atoms with Gasteiger partial charge in [0.1, 0.15) is 11.3 Å². The largest absolute Gasteiger partial charge is 0.496 e. The van der Waals surface area contributed by atoms with E-state index in [-0.39, 0.29) is 5.56 Å². The van der Waals surface area contributed by atoms with Crippen molar-refractivity contribution in [3.8, 4) is 5.75 Å². The van der Waals surface area contributed by atoms with Crippen LogP contribution in [-0.2, 0) is 6.54 Å². The number of carbonyl (C=O) groups is 1. The molecule has 16 heavy (non-hydrogen) atoms. The zero-order valence-electron chi connectivity index (χ0n) is 9.19. The quantitative estimate of drug-likeness (QED) is 0.793. The Balaban J connectivity index is 2.13. The van der Waals surface area contributed by atoms with Gasteiger partial charge in [0, 0.05) is 12.6 Å². The van der Waals surface area contributed by atoms with Crippen LogP contribution in [0.2, 0.25) is 0 Å². The number of carboxylic acid groups (broad SMARTS) is 1. The second-order valence-electron chi connectivity index (χ2n) is 3.99. The number of hydrogen-bond acceptors (Lipinski definition) is 3. The van der Waals surface area contributed by atoms with E-state index in [0.717, 1.165) is 12.1 Å². The number of carboxylic acids is 1. The number of rotatable bonds is 5. The molecule has 2 rings (SSSR count). The van der Waals surface area contributed by atoms with Gasteiger partial charge in [-0.05, 0) is 30.5 Å². The molecule has 0 amide bonds. The Labute approximate surface area is 94.2 Å². The van der Waals surface area contributed by atoms with Crippen LogP contribution in [0, 0.1) is 0 Å². The topological polar surface area (TPSA) is 58.6 Å². The third-order valence-electron chi connectivity index (χ3n) is 2.67. The van der Waals surface area contributed by atoms with Gasteiger partial charge in [-0.25, -0.2) is 4.79 Å². The highest BCUT2D eigenvalue weighted by atomic mass is 16.5. The summed E-state index contributed by atoms with van der Waals surface area (Å²) in [6.45, 7) is 0.717. The number of benzene rings is 1. The van der Waals surface area contributed by atoms with Crippen molar-refractivity contribution in [3.05, 3.63) is 29.3 Å². The molecule has 0 heterocycles. The summed E-state index contributed by atoms with van der Waals surface area (Å²) in [7, 11) is 1.48. The molecule has 1 aromatic rings. The fourth-order valence-electron chi connectivity index (χ4n) is 1.58. The zero-order chi connectivity index (χ0) is 11.5. The molecule has 1 aliphatic carbocycles. The van der Waals surface area contributed by atoms with E-state index in [1.165, 1.54) is 20.0 Å². The van der Waals surface area contributed by atoms with E-state index in [1.54, 1.807) is 12.1 Å². The highest BCUT2D eigenvalue weighted by molar-refractivity contribution is 5.91. The number of hydrogen-bond donors (Lipinski definition) is 2. The number of ether oxygens (including phenoxy) is 1. The molecule has 1 aromatic carbocycles. The van der Waals surface area contributed by atoms with E-state index < -0.39 is 5.97 Å². The van der Waals surface area contributed by atoms with Crippen LogP contribution in [-0.4, -0.2) is 24.2 Å². The summed E-state index contributed by atoms with van der Waals surface area (Å²) in [6.07, 6.45) is 2.45. The smallest absolute Gasteiger partial charge is 0.339 e. The van der Waals surface area contributed by atoms with Crippen molar-refractivity contribution in [1.82, 2.24) is 5.32 Å². The Bertz CT molecular complexity index is 399. The number of aromatic carboxylic acids is 1. The standard InChI is InChI=1S/C12H15NO3/c1-16-11-5-2-8(6-10(11)12(14)15)7-13-9-3-4-9/h2,5-6,9,13H,3-4,7H2,1H3,(H,14,15). The Kier molecular flexibility index (Phi) is 3.10. The van der Waals surface area contributed by atoms with Crippen LogP contribution >= 0.6 is 0 Å². The molecule has 0 unspecified atom stereocenters. The van der Waals surface area contributed by atoms with Gasteiger partial charge in [-0.2, -0.15) is 0 Å². The molecule has 0 spiro atoms. The summed E-state index contributed by atoms with van der Waals surface area (Å²) in [4.78, 5) is 11.0. The predicted molar refractivity (Wildman–Crippen MR) is 59.8 cm³/mol. The molecule has 4 nitrogen and oxygen atoms in total. The van der Waals surface area contributed by atoms with Gasteiger partial charge in [-0.1, -0.05) is 6.07 Å². The van der Waals surface area contributed by atoms with Crippen LogP contribution in [0.4, 0.5) is 0 Å². The van der Waals surface area contributed by atoms with Crippen molar-refractivity contribution >= 4 is 5.97 Å². The third kappa shape index (κ3) is 2.52. The molecule has 0 atom stereocenters. The van der Waals surface area contributed by atoms with Gasteiger partial charge in [0.25, 0.3) is 0 Å². The van der Waals surface area contributed by atoms with Crippen molar-refractivity contribution in [3.63, 3.8) is 0 Å². The second kappa shape index (κ2) is 4.53. The van der Waals surface area contributed by atoms with E-state index in [4.69, 9.17) is 9.84 Å². The molecule has 1 fully saturated rings. The molecule has 1 aliphatic rings. The Morgan fingerprint density at radius 2 is 2.31 bits per heavy atom. The van der Waals surface area contributed by atoms with Crippen molar-refractivity contribution < 1.29 is 14.6 Å². The maximum absolute atomic E-state index is 11.0. The lowest BCUT2D eigenvalue weighted by Crippen LogP contribution is -2.15. The molecule has 2 N–H and O–H groups in total. The Hall–Kier alpha value is -1.55. The fourth-order valence-corrected chi connectivity index (χ4v) is 1.58. The van der Waals surface area contributed by atoms with Gasteiger partial charge in [0.05, 0.1) is 7.11 Å². The van der Waals surface area contributed by atoms with E-state index >= 15 is 0 Å². The minimum absolute atomic E-state index is 0.220. The first-order valence-corrected chi connectivity index (χ1v) is 5.34. The molecule has 0 aliphatic heterocycles. The lowest BCUT2D eigenvalue weighted by molar-refractivity contribution is 0.0693. The molecule has 0 radical (unpaired) electrons. The van der Waals surface area contributed by atoms with Gasteiger partial charge >= 0.3 is 5.97 Å². The van der Waals surface area contributed by atoms with Gasteiger partial charge in [-0.3, -0.25) is 0 Å². The second-order valence-corrected chi connectivity index (χ2v) is 3.99. The lowest BCUT2D eigenvalue weighted by atomic mass is 10.1. The van der Waals surface area contributed by atoms with Crippen LogP contribution in [0.1, 0.15) is 28.8 Å². The minimum Gasteiger partial charge on any atom is -0.496 e. The normalized spacial score (nSPS) is 14.8. The fraction of sp³-hybridized carbons (Fsp3) is 0.417. The first-order chi connectivity index (χ1) is 7.70. The van der Waals surface area contributed by atoms with Gasteiger partial charge in [0.2, 0.25) is 0 Å². The zero-order valence-corrected chi connectivity index (χ0v) is 9.19. The van der Waals surface area contributed by atoms with Crippen LogP contribution in [0.25, 0.3) is 0 Å². The molecule has 0 aromatic heterocycles. The monoisotopic (exact) mass is 221 g/mol. The highest BCUT2D eigenvalue weighted by Gasteiger charge is 2.20. The maximum Gasteiger partial charge on any atom is 0.339 e. The number of nitrogens with one attached hydrogen (secondary N) is 1. The lowest BCUT2D eigenvalue weighted by Gasteiger charge is -2.08. The van der Waals surface area contributed by atoms with Gasteiger partial charge < -0.3 is 15.2 Å². The van der Waals surface area contributed by atoms with Crippen LogP contribution in [0.3, 0.4) is 0 Å². The van der Waals surface area contributed by atoms with E-state index in [2.05, 4.69) is 5.32 Å². The Morgan fingerprint density at radius 3 is 2.88 bits per heavy atom. The first-order valence-electron chi connectivity index (χ1n) is 5.34. The predicted octanol–water partition coefficient (Wildman–Crippen LogP) is 1.65. The van der Waals surface area contributed by atoms with Crippen LogP contribution in [0.15, 0.2) is 18.2 Å². The van der Waals surface area contributed by atoms with Gasteiger partial charge in [-0.15, -0.1) is 0 Å². The summed E-state index contributed by atoms with van der Waals surface area (Å²) in [5.41, 5.74) is 1.20. The summed E-state index contributed by atoms with van der Waals surface area (Å²) >= 11 is 0. The molecule has 0 bridgehead atoms. The van der Waals surface area contributed by atoms with E-state index in [9.17, 15) is 4.79 Å². The average Bonchev–Trinajstić information content (AvgIpc) is 3.09. The highest BCUT2D eigenvalue weighted by Crippen LogP contribution is 2.22. The minimum atomic E-state index is -0.954. The molecular formula is C12H15NO3. The van der Waals surface area contributed by atoms with Crippen molar-refractivity contribution in [2.24, 2.45) is 0 Å². The molecule has 1 saturated carbocycles. The van der Waals surface area contributed by atoms with Crippen LogP contribution in [0.5, 0.6) is 5.75 Å². The molecule has 86 valence electrons. The summed E-state index contributed by atoms with van der Waals surface area (Å²) in [6, 6.07) is 5.88. The van der Waals surface area contributed by atoms with Crippen LogP contribution < -0.4 is 10.1 Å². The number of methoxy groups -OCH3 is 1. The SMILES string of the molecule is COc1ccc(CNC2CC2)cc1C(=O)O. The first kappa shape index (κ1) is 11.0.